The zero-order valence-electron chi connectivity index (χ0n) is 7.38. The first-order valence-corrected chi connectivity index (χ1v) is 5.96. The topological polar surface area (TPSA) is 0 Å². The third-order valence-corrected chi connectivity index (χ3v) is 4.83. The van der Waals surface area contributed by atoms with E-state index in [0.29, 0.717) is 0 Å². The zero-order chi connectivity index (χ0) is 7.68. The summed E-state index contributed by atoms with van der Waals surface area (Å²) in [4.78, 5) is 0. The molecule has 2 unspecified atom stereocenters. The van der Waals surface area contributed by atoms with Gasteiger partial charge in [-0.3, -0.25) is 0 Å². The van der Waals surface area contributed by atoms with Gasteiger partial charge in [0, 0.05) is 10.5 Å². The quantitative estimate of drug-likeness (QED) is 0.611. The predicted molar refractivity (Wildman–Crippen MR) is 52.0 cm³/mol. The summed E-state index contributed by atoms with van der Waals surface area (Å²) >= 11 is 2.29. The highest BCUT2D eigenvalue weighted by atomic mass is 32.2. The van der Waals surface area contributed by atoms with Crippen molar-refractivity contribution in [2.24, 2.45) is 5.92 Å². The first-order valence-electron chi connectivity index (χ1n) is 5.02. The molecule has 2 rings (SSSR count). The molecule has 2 aliphatic rings. The molecular weight excluding hydrogens is 152 g/mol. The van der Waals surface area contributed by atoms with E-state index in [-0.39, 0.29) is 0 Å². The van der Waals surface area contributed by atoms with Crippen molar-refractivity contribution in [1.29, 1.82) is 0 Å². The lowest BCUT2D eigenvalue weighted by Crippen LogP contribution is -2.19. The Kier molecular flexibility index (Phi) is 2.45. The second kappa shape index (κ2) is 3.38. The van der Waals surface area contributed by atoms with Crippen LogP contribution in [0.4, 0.5) is 0 Å². The van der Waals surface area contributed by atoms with Crippen molar-refractivity contribution >= 4 is 11.8 Å². The Morgan fingerprint density at radius 1 is 1.00 bits per heavy atom. The van der Waals surface area contributed by atoms with Gasteiger partial charge in [0.05, 0.1) is 0 Å². The molecule has 0 aliphatic heterocycles. The van der Waals surface area contributed by atoms with Crippen LogP contribution in [-0.4, -0.2) is 10.5 Å². The van der Waals surface area contributed by atoms with Crippen molar-refractivity contribution in [2.45, 2.75) is 55.9 Å². The van der Waals surface area contributed by atoms with Crippen LogP contribution in [0.3, 0.4) is 0 Å². The maximum atomic E-state index is 2.44. The van der Waals surface area contributed by atoms with Crippen molar-refractivity contribution in [1.82, 2.24) is 0 Å². The van der Waals surface area contributed by atoms with Crippen LogP contribution < -0.4 is 0 Å². The molecule has 2 fully saturated rings. The molecule has 1 heteroatoms. The van der Waals surface area contributed by atoms with Gasteiger partial charge in [0.2, 0.25) is 0 Å². The molecule has 0 aromatic heterocycles. The average Bonchev–Trinajstić information content (AvgIpc) is 2.78. The second-order valence-electron chi connectivity index (χ2n) is 4.14. The first-order chi connectivity index (χ1) is 5.36. The normalized spacial score (nSPS) is 39.0. The summed E-state index contributed by atoms with van der Waals surface area (Å²) in [7, 11) is 0. The highest BCUT2D eigenvalue weighted by molar-refractivity contribution is 8.00. The van der Waals surface area contributed by atoms with E-state index in [9.17, 15) is 0 Å². The molecule has 0 amide bonds. The standard InChI is InChI=1S/C10H18S/c1-8-4-2-3-5-10(8)11-9-6-7-9/h8-10H,2-7H2,1H3. The molecule has 0 aromatic rings. The summed E-state index contributed by atoms with van der Waals surface area (Å²) in [5, 5.41) is 2.09. The minimum Gasteiger partial charge on any atom is -0.155 e. The Bertz CT molecular complexity index is 129. The van der Waals surface area contributed by atoms with Gasteiger partial charge < -0.3 is 0 Å². The fourth-order valence-corrected chi connectivity index (χ4v) is 3.55. The SMILES string of the molecule is CC1CCCCC1SC1CC1. The van der Waals surface area contributed by atoms with Gasteiger partial charge in [-0.2, -0.15) is 11.8 Å². The van der Waals surface area contributed by atoms with Crippen LogP contribution in [-0.2, 0) is 0 Å². The molecule has 0 heterocycles. The average molecular weight is 170 g/mol. The van der Waals surface area contributed by atoms with E-state index < -0.39 is 0 Å². The Hall–Kier alpha value is 0.350. The van der Waals surface area contributed by atoms with Crippen LogP contribution in [0.25, 0.3) is 0 Å². The minimum atomic E-state index is 1.01. The molecule has 0 bridgehead atoms. The van der Waals surface area contributed by atoms with E-state index >= 15 is 0 Å². The number of hydrogen-bond acceptors (Lipinski definition) is 1. The Labute approximate surface area is 74.1 Å². The summed E-state index contributed by atoms with van der Waals surface area (Å²) in [5.74, 6) is 1.01. The van der Waals surface area contributed by atoms with Gasteiger partial charge in [0.1, 0.15) is 0 Å². The number of hydrogen-bond donors (Lipinski definition) is 0. The van der Waals surface area contributed by atoms with Crippen LogP contribution >= 0.6 is 11.8 Å². The molecule has 64 valence electrons. The molecule has 2 aliphatic carbocycles. The lowest BCUT2D eigenvalue weighted by Gasteiger charge is -2.28. The van der Waals surface area contributed by atoms with E-state index in [1.165, 1.54) is 38.5 Å². The van der Waals surface area contributed by atoms with Crippen LogP contribution in [0.15, 0.2) is 0 Å². The van der Waals surface area contributed by atoms with Gasteiger partial charge >= 0.3 is 0 Å². The first kappa shape index (κ1) is 7.97. The second-order valence-corrected chi connectivity index (χ2v) is 5.68. The molecule has 2 saturated carbocycles. The fourth-order valence-electron chi connectivity index (χ4n) is 1.94. The van der Waals surface area contributed by atoms with Crippen molar-refractivity contribution in [3.05, 3.63) is 0 Å². The van der Waals surface area contributed by atoms with Gasteiger partial charge in [0.25, 0.3) is 0 Å². The maximum Gasteiger partial charge on any atom is 0.00754 e. The van der Waals surface area contributed by atoms with Gasteiger partial charge in [-0.05, 0) is 31.6 Å². The van der Waals surface area contributed by atoms with Crippen molar-refractivity contribution in [2.75, 3.05) is 0 Å². The van der Waals surface area contributed by atoms with E-state index in [4.69, 9.17) is 0 Å². The molecule has 0 spiro atoms. The van der Waals surface area contributed by atoms with E-state index in [1.807, 2.05) is 0 Å². The van der Waals surface area contributed by atoms with E-state index in [1.54, 1.807) is 0 Å². The van der Waals surface area contributed by atoms with Crippen molar-refractivity contribution < 1.29 is 0 Å². The third-order valence-electron chi connectivity index (χ3n) is 2.92. The Morgan fingerprint density at radius 3 is 2.36 bits per heavy atom. The molecule has 0 N–H and O–H groups in total. The van der Waals surface area contributed by atoms with Crippen LogP contribution in [0.1, 0.15) is 45.4 Å². The predicted octanol–water partition coefficient (Wildman–Crippen LogP) is 3.46. The van der Waals surface area contributed by atoms with Crippen LogP contribution in [0, 0.1) is 5.92 Å². The Morgan fingerprint density at radius 2 is 1.73 bits per heavy atom. The van der Waals surface area contributed by atoms with E-state index in [0.717, 1.165) is 16.4 Å². The highest BCUT2D eigenvalue weighted by Gasteiger charge is 2.29. The summed E-state index contributed by atoms with van der Waals surface area (Å²) in [6.45, 7) is 2.44. The lowest BCUT2D eigenvalue weighted by molar-refractivity contribution is 0.397. The van der Waals surface area contributed by atoms with Gasteiger partial charge in [-0.25, -0.2) is 0 Å². The molecule has 0 saturated heterocycles. The summed E-state index contributed by atoms with van der Waals surface area (Å²) in [6.07, 6.45) is 8.99. The zero-order valence-corrected chi connectivity index (χ0v) is 8.20. The fraction of sp³-hybridized carbons (Fsp3) is 1.00. The minimum absolute atomic E-state index is 1.01. The summed E-state index contributed by atoms with van der Waals surface area (Å²) in [6, 6.07) is 0. The number of rotatable bonds is 2. The summed E-state index contributed by atoms with van der Waals surface area (Å²) in [5.41, 5.74) is 0. The third kappa shape index (κ3) is 2.14. The maximum absolute atomic E-state index is 2.44. The summed E-state index contributed by atoms with van der Waals surface area (Å²) < 4.78 is 0. The molecular formula is C10H18S. The molecule has 11 heavy (non-hydrogen) atoms. The highest BCUT2D eigenvalue weighted by Crippen LogP contribution is 2.43. The Balaban J connectivity index is 1.78. The molecule has 0 radical (unpaired) electrons. The molecule has 0 nitrogen and oxygen atoms in total. The largest absolute Gasteiger partial charge is 0.155 e. The lowest BCUT2D eigenvalue weighted by atomic mass is 9.90. The van der Waals surface area contributed by atoms with Crippen LogP contribution in [0.2, 0.25) is 0 Å². The van der Waals surface area contributed by atoms with Gasteiger partial charge in [-0.1, -0.05) is 19.8 Å². The van der Waals surface area contributed by atoms with Crippen molar-refractivity contribution in [3.63, 3.8) is 0 Å². The molecule has 2 atom stereocenters. The van der Waals surface area contributed by atoms with Gasteiger partial charge in [-0.15, -0.1) is 0 Å². The van der Waals surface area contributed by atoms with Crippen LogP contribution in [0.5, 0.6) is 0 Å². The van der Waals surface area contributed by atoms with E-state index in [2.05, 4.69) is 18.7 Å². The molecule has 0 aromatic carbocycles. The van der Waals surface area contributed by atoms with Gasteiger partial charge in [0.15, 0.2) is 0 Å². The van der Waals surface area contributed by atoms with Crippen molar-refractivity contribution in [3.8, 4) is 0 Å². The monoisotopic (exact) mass is 170 g/mol. The smallest absolute Gasteiger partial charge is 0.00754 e. The number of thioether (sulfide) groups is 1.